The van der Waals surface area contributed by atoms with E-state index in [9.17, 15) is 0 Å². The van der Waals surface area contributed by atoms with Gasteiger partial charge in [-0.05, 0) is 65.2 Å². The lowest BCUT2D eigenvalue weighted by Crippen LogP contribution is -2.18. The van der Waals surface area contributed by atoms with Crippen molar-refractivity contribution < 1.29 is 9.47 Å². The number of hydrogen-bond acceptors (Lipinski definition) is 3. The molecule has 1 aromatic carbocycles. The Kier molecular flexibility index (Phi) is 3.02. The van der Waals surface area contributed by atoms with Crippen LogP contribution in [0, 0.1) is 5.92 Å². The van der Waals surface area contributed by atoms with Gasteiger partial charge in [0, 0.05) is 5.54 Å². The third-order valence-electron chi connectivity index (χ3n) is 3.75. The van der Waals surface area contributed by atoms with Crippen molar-refractivity contribution in [2.75, 3.05) is 13.7 Å². The molecule has 3 rings (SSSR count). The van der Waals surface area contributed by atoms with Crippen molar-refractivity contribution in [1.82, 2.24) is 0 Å². The van der Waals surface area contributed by atoms with Gasteiger partial charge >= 0.3 is 0 Å². The molecule has 0 amide bonds. The molecule has 0 spiro atoms. The summed E-state index contributed by atoms with van der Waals surface area (Å²) in [6.45, 7) is 0.780. The Morgan fingerprint density at radius 3 is 2.67 bits per heavy atom. The second kappa shape index (κ2) is 4.42. The Morgan fingerprint density at radius 2 is 2.11 bits per heavy atom. The first-order valence-corrected chi connectivity index (χ1v) is 7.21. The highest BCUT2D eigenvalue weighted by molar-refractivity contribution is 9.10. The average Bonchev–Trinajstić information content (AvgIpc) is 3.24. The molecule has 0 heterocycles. The van der Waals surface area contributed by atoms with E-state index >= 15 is 0 Å². The summed E-state index contributed by atoms with van der Waals surface area (Å²) in [6, 6.07) is 4.08. The maximum atomic E-state index is 6.23. The first-order chi connectivity index (χ1) is 8.62. The van der Waals surface area contributed by atoms with Gasteiger partial charge < -0.3 is 15.2 Å². The maximum Gasteiger partial charge on any atom is 0.175 e. The van der Waals surface area contributed by atoms with Crippen LogP contribution in [-0.4, -0.2) is 13.7 Å². The van der Waals surface area contributed by atoms with Crippen LogP contribution in [0.15, 0.2) is 16.6 Å². The van der Waals surface area contributed by atoms with E-state index < -0.39 is 0 Å². The van der Waals surface area contributed by atoms with Crippen LogP contribution < -0.4 is 15.2 Å². The molecule has 2 aliphatic rings. The minimum Gasteiger partial charge on any atom is -0.493 e. The monoisotopic (exact) mass is 311 g/mol. The molecule has 0 atom stereocenters. The number of ether oxygens (including phenoxy) is 2. The molecule has 0 saturated heterocycles. The van der Waals surface area contributed by atoms with E-state index in [0.29, 0.717) is 0 Å². The van der Waals surface area contributed by atoms with Gasteiger partial charge in [-0.1, -0.05) is 0 Å². The highest BCUT2D eigenvalue weighted by atomic mass is 79.9. The largest absolute Gasteiger partial charge is 0.493 e. The van der Waals surface area contributed by atoms with E-state index in [2.05, 4.69) is 22.0 Å². The summed E-state index contributed by atoms with van der Waals surface area (Å²) in [4.78, 5) is 0. The standard InChI is InChI=1S/C14H18BrNO2/c1-17-12-7-10(14(16)4-5-14)6-11(15)13(12)18-8-9-2-3-9/h6-7,9H,2-5,8,16H2,1H3. The van der Waals surface area contributed by atoms with Crippen molar-refractivity contribution in [3.05, 3.63) is 22.2 Å². The van der Waals surface area contributed by atoms with Crippen LogP contribution in [0.3, 0.4) is 0 Å². The van der Waals surface area contributed by atoms with Crippen molar-refractivity contribution in [3.8, 4) is 11.5 Å². The molecule has 0 radical (unpaired) electrons. The third-order valence-corrected chi connectivity index (χ3v) is 4.34. The summed E-state index contributed by atoms with van der Waals surface area (Å²) < 4.78 is 12.2. The normalized spacial score (nSPS) is 20.6. The van der Waals surface area contributed by atoms with E-state index in [4.69, 9.17) is 15.2 Å². The molecule has 0 unspecified atom stereocenters. The SMILES string of the molecule is COc1cc(C2(N)CC2)cc(Br)c1OCC1CC1. The molecule has 0 aliphatic heterocycles. The van der Waals surface area contributed by atoms with Crippen molar-refractivity contribution in [2.24, 2.45) is 11.7 Å². The number of benzene rings is 1. The molecule has 18 heavy (non-hydrogen) atoms. The second-order valence-electron chi connectivity index (χ2n) is 5.40. The molecule has 0 aromatic heterocycles. The summed E-state index contributed by atoms with van der Waals surface area (Å²) in [5, 5.41) is 0. The van der Waals surface area contributed by atoms with Gasteiger partial charge in [-0.2, -0.15) is 0 Å². The number of methoxy groups -OCH3 is 1. The van der Waals surface area contributed by atoms with Gasteiger partial charge in [0.05, 0.1) is 18.2 Å². The Balaban J connectivity index is 1.87. The van der Waals surface area contributed by atoms with Crippen molar-refractivity contribution in [3.63, 3.8) is 0 Å². The molecule has 2 fully saturated rings. The van der Waals surface area contributed by atoms with Gasteiger partial charge in [0.2, 0.25) is 0 Å². The van der Waals surface area contributed by atoms with Crippen LogP contribution in [0.1, 0.15) is 31.2 Å². The zero-order valence-electron chi connectivity index (χ0n) is 10.5. The van der Waals surface area contributed by atoms with Crippen LogP contribution in [-0.2, 0) is 5.54 Å². The zero-order chi connectivity index (χ0) is 12.8. The number of rotatable bonds is 5. The lowest BCUT2D eigenvalue weighted by molar-refractivity contribution is 0.278. The molecule has 2 N–H and O–H groups in total. The highest BCUT2D eigenvalue weighted by Gasteiger charge is 2.41. The van der Waals surface area contributed by atoms with Gasteiger partial charge in [0.15, 0.2) is 11.5 Å². The molecule has 4 heteroatoms. The van der Waals surface area contributed by atoms with Crippen molar-refractivity contribution in [1.29, 1.82) is 0 Å². The topological polar surface area (TPSA) is 44.5 Å². The Labute approximate surface area is 116 Å². The Morgan fingerprint density at radius 1 is 1.39 bits per heavy atom. The van der Waals surface area contributed by atoms with E-state index in [0.717, 1.165) is 46.9 Å². The summed E-state index contributed by atoms with van der Waals surface area (Å²) in [6.07, 6.45) is 4.66. The number of nitrogens with two attached hydrogens (primary N) is 1. The number of halogens is 1. The quantitative estimate of drug-likeness (QED) is 0.908. The molecule has 3 nitrogen and oxygen atoms in total. The maximum absolute atomic E-state index is 6.23. The fourth-order valence-electron chi connectivity index (χ4n) is 2.06. The summed E-state index contributed by atoms with van der Waals surface area (Å²) >= 11 is 3.57. The number of hydrogen-bond donors (Lipinski definition) is 1. The van der Waals surface area contributed by atoms with Crippen molar-refractivity contribution >= 4 is 15.9 Å². The highest BCUT2D eigenvalue weighted by Crippen LogP contribution is 2.47. The fraction of sp³-hybridized carbons (Fsp3) is 0.571. The molecular weight excluding hydrogens is 294 g/mol. The Hall–Kier alpha value is -0.740. The third kappa shape index (κ3) is 2.36. The van der Waals surface area contributed by atoms with Gasteiger partial charge in [-0.25, -0.2) is 0 Å². The minimum atomic E-state index is -0.148. The molecular formula is C14H18BrNO2. The molecule has 98 valence electrons. The minimum absolute atomic E-state index is 0.148. The molecule has 2 saturated carbocycles. The Bertz CT molecular complexity index is 467. The lowest BCUT2D eigenvalue weighted by atomic mass is 10.1. The molecule has 2 aliphatic carbocycles. The summed E-state index contributed by atoms with van der Waals surface area (Å²) in [7, 11) is 1.67. The summed E-state index contributed by atoms with van der Waals surface area (Å²) in [5.74, 6) is 2.31. The van der Waals surface area contributed by atoms with Crippen LogP contribution in [0.2, 0.25) is 0 Å². The smallest absolute Gasteiger partial charge is 0.175 e. The molecule has 0 bridgehead atoms. The first-order valence-electron chi connectivity index (χ1n) is 6.42. The predicted molar refractivity (Wildman–Crippen MR) is 74.0 cm³/mol. The zero-order valence-corrected chi connectivity index (χ0v) is 12.1. The van der Waals surface area contributed by atoms with Crippen LogP contribution in [0.5, 0.6) is 11.5 Å². The van der Waals surface area contributed by atoms with Gasteiger partial charge in [0.1, 0.15) is 0 Å². The van der Waals surface area contributed by atoms with E-state index in [1.807, 2.05) is 6.07 Å². The molecule has 1 aromatic rings. The van der Waals surface area contributed by atoms with Gasteiger partial charge in [0.25, 0.3) is 0 Å². The summed E-state index contributed by atoms with van der Waals surface area (Å²) in [5.41, 5.74) is 7.21. The second-order valence-corrected chi connectivity index (χ2v) is 6.25. The van der Waals surface area contributed by atoms with E-state index in [1.165, 1.54) is 12.8 Å². The van der Waals surface area contributed by atoms with Gasteiger partial charge in [-0.15, -0.1) is 0 Å². The van der Waals surface area contributed by atoms with Crippen LogP contribution >= 0.6 is 15.9 Å². The van der Waals surface area contributed by atoms with E-state index in [-0.39, 0.29) is 5.54 Å². The lowest BCUT2D eigenvalue weighted by Gasteiger charge is -2.16. The van der Waals surface area contributed by atoms with Crippen molar-refractivity contribution in [2.45, 2.75) is 31.2 Å². The van der Waals surface area contributed by atoms with E-state index in [1.54, 1.807) is 7.11 Å². The van der Waals surface area contributed by atoms with Crippen LogP contribution in [0.25, 0.3) is 0 Å². The average molecular weight is 312 g/mol. The van der Waals surface area contributed by atoms with Gasteiger partial charge in [-0.3, -0.25) is 0 Å². The van der Waals surface area contributed by atoms with Crippen LogP contribution in [0.4, 0.5) is 0 Å². The predicted octanol–water partition coefficient (Wildman–Crippen LogP) is 3.19. The fourth-order valence-corrected chi connectivity index (χ4v) is 2.61. The first kappa shape index (κ1) is 12.3.